The van der Waals surface area contributed by atoms with Crippen molar-refractivity contribution in [2.45, 2.75) is 32.7 Å². The summed E-state index contributed by atoms with van der Waals surface area (Å²) in [7, 11) is 0. The summed E-state index contributed by atoms with van der Waals surface area (Å²) in [6.45, 7) is 0.937. The van der Waals surface area contributed by atoms with Crippen LogP contribution in [0.5, 0.6) is 5.88 Å². The minimum Gasteiger partial charge on any atom is -0.466 e. The van der Waals surface area contributed by atoms with E-state index in [1.54, 1.807) is 0 Å². The summed E-state index contributed by atoms with van der Waals surface area (Å²) < 4.78 is 71.0. The van der Waals surface area contributed by atoms with Gasteiger partial charge in [-0.1, -0.05) is 0 Å². The monoisotopic (exact) mass is 328 g/mol. The number of aromatic nitrogens is 1. The van der Waals surface area contributed by atoms with E-state index in [9.17, 15) is 26.7 Å². The maximum Gasteiger partial charge on any atom is 0.574 e. The minimum absolute atomic E-state index is 0.00219. The Balaban J connectivity index is 3.32. The lowest BCUT2D eigenvalue weighted by atomic mass is 10.0. The zero-order valence-electron chi connectivity index (χ0n) is 11.4. The molecular formula is C12H13F5N2O3. The summed E-state index contributed by atoms with van der Waals surface area (Å²) in [6.07, 6.45) is -8.23. The zero-order chi connectivity index (χ0) is 16.9. The second-order valence-electron chi connectivity index (χ2n) is 4.01. The van der Waals surface area contributed by atoms with Crippen molar-refractivity contribution in [1.29, 1.82) is 0 Å². The molecule has 0 aliphatic carbocycles. The summed E-state index contributed by atoms with van der Waals surface area (Å²) in [5.41, 5.74) is 3.83. The first kappa shape index (κ1) is 18.1. The third kappa shape index (κ3) is 4.79. The largest absolute Gasteiger partial charge is 0.574 e. The minimum atomic E-state index is -5.07. The number of rotatable bonds is 6. The molecule has 5 nitrogen and oxygen atoms in total. The standard InChI is InChI=1S/C12H13F5N2O3/c1-2-21-9(20)3-6-7(4-18)11(22-12(15,16)17)19-5-8(6)10(13)14/h5,10H,2-4,18H2,1H3. The highest BCUT2D eigenvalue weighted by atomic mass is 19.4. The van der Waals surface area contributed by atoms with Crippen LogP contribution in [0, 0.1) is 0 Å². The second-order valence-corrected chi connectivity index (χ2v) is 4.01. The van der Waals surface area contributed by atoms with Gasteiger partial charge in [0.25, 0.3) is 6.43 Å². The first-order valence-corrected chi connectivity index (χ1v) is 6.09. The molecule has 22 heavy (non-hydrogen) atoms. The molecule has 10 heteroatoms. The fraction of sp³-hybridized carbons (Fsp3) is 0.500. The third-order valence-electron chi connectivity index (χ3n) is 2.57. The fourth-order valence-corrected chi connectivity index (χ4v) is 1.75. The first-order chi connectivity index (χ1) is 10.2. The van der Waals surface area contributed by atoms with Crippen LogP contribution in [0.2, 0.25) is 0 Å². The molecule has 0 aliphatic rings. The van der Waals surface area contributed by atoms with Crippen LogP contribution in [-0.4, -0.2) is 23.9 Å². The van der Waals surface area contributed by atoms with Gasteiger partial charge in [0.1, 0.15) is 0 Å². The predicted octanol–water partition coefficient (Wildman–Crippen LogP) is 2.48. The van der Waals surface area contributed by atoms with Crippen molar-refractivity contribution in [2.24, 2.45) is 5.73 Å². The summed E-state index contributed by atoms with van der Waals surface area (Å²) in [5.74, 6) is -1.83. The Bertz CT molecular complexity index is 534. The highest BCUT2D eigenvalue weighted by Gasteiger charge is 2.34. The van der Waals surface area contributed by atoms with Gasteiger partial charge in [0.15, 0.2) is 0 Å². The number of hydrogen-bond acceptors (Lipinski definition) is 5. The van der Waals surface area contributed by atoms with Gasteiger partial charge in [0, 0.05) is 23.9 Å². The highest BCUT2D eigenvalue weighted by Crippen LogP contribution is 2.32. The van der Waals surface area contributed by atoms with Gasteiger partial charge in [-0.05, 0) is 12.5 Å². The van der Waals surface area contributed by atoms with Crippen molar-refractivity contribution < 1.29 is 36.2 Å². The number of pyridine rings is 1. The molecule has 0 unspecified atom stereocenters. The van der Waals surface area contributed by atoms with Crippen LogP contribution in [0.1, 0.15) is 30.0 Å². The molecule has 1 heterocycles. The van der Waals surface area contributed by atoms with Gasteiger partial charge in [-0.15, -0.1) is 13.2 Å². The quantitative estimate of drug-likeness (QED) is 0.641. The Morgan fingerprint density at radius 1 is 1.36 bits per heavy atom. The number of hydrogen-bond donors (Lipinski definition) is 1. The number of halogens is 5. The lowest BCUT2D eigenvalue weighted by molar-refractivity contribution is -0.276. The number of alkyl halides is 5. The Morgan fingerprint density at radius 2 is 2.00 bits per heavy atom. The van der Waals surface area contributed by atoms with Gasteiger partial charge in [-0.2, -0.15) is 0 Å². The van der Waals surface area contributed by atoms with Gasteiger partial charge in [-0.25, -0.2) is 13.8 Å². The number of esters is 1. The van der Waals surface area contributed by atoms with Crippen molar-refractivity contribution >= 4 is 5.97 Å². The van der Waals surface area contributed by atoms with E-state index in [0.717, 1.165) is 0 Å². The highest BCUT2D eigenvalue weighted by molar-refractivity contribution is 5.74. The number of nitrogens with two attached hydrogens (primary N) is 1. The molecule has 2 N–H and O–H groups in total. The average Bonchev–Trinajstić information content (AvgIpc) is 2.37. The molecule has 124 valence electrons. The van der Waals surface area contributed by atoms with Gasteiger partial charge in [0.2, 0.25) is 5.88 Å². The Kier molecular flexibility index (Phi) is 6.03. The molecule has 1 rings (SSSR count). The van der Waals surface area contributed by atoms with Crippen molar-refractivity contribution in [2.75, 3.05) is 6.61 Å². The maximum atomic E-state index is 13.0. The van der Waals surface area contributed by atoms with Crippen molar-refractivity contribution in [3.8, 4) is 5.88 Å². The molecule has 0 amide bonds. The summed E-state index contributed by atoms with van der Waals surface area (Å²) in [4.78, 5) is 14.7. The molecule has 0 fully saturated rings. The number of carbonyl (C=O) groups excluding carboxylic acids is 1. The van der Waals surface area contributed by atoms with Crippen LogP contribution in [0.4, 0.5) is 22.0 Å². The van der Waals surface area contributed by atoms with E-state index < -0.39 is 48.7 Å². The molecule has 0 saturated carbocycles. The molecule has 0 aliphatic heterocycles. The number of nitrogens with zero attached hydrogens (tertiary/aromatic N) is 1. The third-order valence-corrected chi connectivity index (χ3v) is 2.57. The molecule has 0 aromatic carbocycles. The molecule has 0 atom stereocenters. The fourth-order valence-electron chi connectivity index (χ4n) is 1.75. The Morgan fingerprint density at radius 3 is 2.45 bits per heavy atom. The smallest absolute Gasteiger partial charge is 0.466 e. The number of carbonyl (C=O) groups is 1. The normalized spacial score (nSPS) is 11.6. The lowest BCUT2D eigenvalue weighted by Crippen LogP contribution is -2.22. The summed E-state index contributed by atoms with van der Waals surface area (Å²) in [5, 5.41) is 0. The lowest BCUT2D eigenvalue weighted by Gasteiger charge is -2.17. The summed E-state index contributed by atoms with van der Waals surface area (Å²) in [6, 6.07) is 0. The zero-order valence-corrected chi connectivity index (χ0v) is 11.4. The van der Waals surface area contributed by atoms with Gasteiger partial charge in [-0.3, -0.25) is 4.79 Å². The molecule has 1 aromatic heterocycles. The van der Waals surface area contributed by atoms with E-state index in [1.165, 1.54) is 6.92 Å². The SMILES string of the molecule is CCOC(=O)Cc1c(C(F)F)cnc(OC(F)(F)F)c1CN. The van der Waals surface area contributed by atoms with Gasteiger partial charge in [0.05, 0.1) is 13.0 Å². The molecule has 0 spiro atoms. The molecule has 1 aromatic rings. The van der Waals surface area contributed by atoms with E-state index in [-0.39, 0.29) is 12.2 Å². The van der Waals surface area contributed by atoms with Crippen LogP contribution in [0.3, 0.4) is 0 Å². The van der Waals surface area contributed by atoms with Gasteiger partial charge < -0.3 is 15.2 Å². The van der Waals surface area contributed by atoms with Crippen molar-refractivity contribution in [3.63, 3.8) is 0 Å². The van der Waals surface area contributed by atoms with Gasteiger partial charge >= 0.3 is 12.3 Å². The topological polar surface area (TPSA) is 74.4 Å². The first-order valence-electron chi connectivity index (χ1n) is 6.09. The Labute approximate surface area is 122 Å². The van der Waals surface area contributed by atoms with E-state index in [1.807, 2.05) is 0 Å². The van der Waals surface area contributed by atoms with Crippen LogP contribution in [0.15, 0.2) is 6.20 Å². The second kappa shape index (κ2) is 7.34. The van der Waals surface area contributed by atoms with Crippen molar-refractivity contribution in [1.82, 2.24) is 4.98 Å². The predicted molar refractivity (Wildman–Crippen MR) is 64.1 cm³/mol. The maximum absolute atomic E-state index is 13.0. The van der Waals surface area contributed by atoms with Crippen LogP contribution in [-0.2, 0) is 22.5 Å². The van der Waals surface area contributed by atoms with Crippen molar-refractivity contribution in [3.05, 3.63) is 22.9 Å². The average molecular weight is 328 g/mol. The molecule has 0 radical (unpaired) electrons. The van der Waals surface area contributed by atoms with E-state index >= 15 is 0 Å². The molecule has 0 saturated heterocycles. The summed E-state index contributed by atoms with van der Waals surface area (Å²) >= 11 is 0. The van der Waals surface area contributed by atoms with Crippen LogP contribution < -0.4 is 10.5 Å². The van der Waals surface area contributed by atoms with E-state index in [2.05, 4.69) is 14.5 Å². The van der Waals surface area contributed by atoms with Crippen LogP contribution in [0.25, 0.3) is 0 Å². The van der Waals surface area contributed by atoms with Crippen LogP contribution >= 0.6 is 0 Å². The van der Waals surface area contributed by atoms with E-state index in [0.29, 0.717) is 6.20 Å². The molecular weight excluding hydrogens is 315 g/mol. The molecule has 0 bridgehead atoms. The Hall–Kier alpha value is -1.97. The number of ether oxygens (including phenoxy) is 2. The van der Waals surface area contributed by atoms with E-state index in [4.69, 9.17) is 5.73 Å².